The van der Waals surface area contributed by atoms with Crippen molar-refractivity contribution in [3.63, 3.8) is 0 Å². The molecule has 17 heavy (non-hydrogen) atoms. The molecule has 2 N–H and O–H groups in total. The third kappa shape index (κ3) is 2.68. The molecular weight excluding hydrogens is 235 g/mol. The van der Waals surface area contributed by atoms with Crippen molar-refractivity contribution in [1.82, 2.24) is 0 Å². The first kappa shape index (κ1) is 12.6. The van der Waals surface area contributed by atoms with Crippen molar-refractivity contribution in [2.45, 2.75) is 31.3 Å². The van der Waals surface area contributed by atoms with Gasteiger partial charge in [0.05, 0.1) is 11.4 Å². The number of nitrogens with zero attached hydrogens (tertiary/aromatic N) is 1. The lowest BCUT2D eigenvalue weighted by Gasteiger charge is -2.37. The van der Waals surface area contributed by atoms with Crippen LogP contribution in [0.1, 0.15) is 19.4 Å². The largest absolute Gasteiger partial charge is 0.397 e. The van der Waals surface area contributed by atoms with Gasteiger partial charge in [0, 0.05) is 23.6 Å². The Morgan fingerprint density at radius 1 is 1.29 bits per heavy atom. The molecule has 1 saturated heterocycles. The summed E-state index contributed by atoms with van der Waals surface area (Å²) in [4.78, 5) is 2.27. The second-order valence-corrected chi connectivity index (χ2v) is 6.70. The second kappa shape index (κ2) is 4.77. The van der Waals surface area contributed by atoms with E-state index < -0.39 is 0 Å². The highest BCUT2D eigenvalue weighted by Gasteiger charge is 2.24. The molecule has 0 spiro atoms. The van der Waals surface area contributed by atoms with Gasteiger partial charge in [-0.2, -0.15) is 11.8 Å². The van der Waals surface area contributed by atoms with Gasteiger partial charge >= 0.3 is 0 Å². The van der Waals surface area contributed by atoms with Crippen molar-refractivity contribution in [2.24, 2.45) is 0 Å². The zero-order chi connectivity index (χ0) is 12.6. The lowest BCUT2D eigenvalue weighted by molar-refractivity contribution is 0.618. The monoisotopic (exact) mass is 254 g/mol. The van der Waals surface area contributed by atoms with Crippen LogP contribution in [0.5, 0.6) is 0 Å². The van der Waals surface area contributed by atoms with Gasteiger partial charge in [-0.05, 0) is 24.6 Å². The molecule has 1 aromatic carbocycles. The van der Waals surface area contributed by atoms with Gasteiger partial charge < -0.3 is 10.6 Å². The van der Waals surface area contributed by atoms with Crippen LogP contribution in [0.2, 0.25) is 0 Å². The summed E-state index contributed by atoms with van der Waals surface area (Å²) in [5, 5.41) is 1.17. The van der Waals surface area contributed by atoms with E-state index in [9.17, 15) is 4.39 Å². The minimum Gasteiger partial charge on any atom is -0.397 e. The number of hydrogen-bond acceptors (Lipinski definition) is 3. The van der Waals surface area contributed by atoms with Gasteiger partial charge in [0.25, 0.3) is 0 Å². The minimum absolute atomic E-state index is 0.223. The SMILES string of the molecule is Cc1cc(N2CC(C)SC(C)C2)c(N)cc1F. The van der Waals surface area contributed by atoms with E-state index in [0.29, 0.717) is 21.8 Å². The van der Waals surface area contributed by atoms with Gasteiger partial charge in [0.1, 0.15) is 5.82 Å². The van der Waals surface area contributed by atoms with Crippen molar-refractivity contribution >= 4 is 23.1 Å². The first-order valence-electron chi connectivity index (χ1n) is 5.93. The number of halogens is 1. The van der Waals surface area contributed by atoms with E-state index in [-0.39, 0.29) is 5.82 Å². The van der Waals surface area contributed by atoms with Gasteiger partial charge in [-0.15, -0.1) is 0 Å². The topological polar surface area (TPSA) is 29.3 Å². The molecule has 0 amide bonds. The van der Waals surface area contributed by atoms with E-state index in [1.807, 2.05) is 17.8 Å². The summed E-state index contributed by atoms with van der Waals surface area (Å²) >= 11 is 2.00. The molecule has 1 aliphatic rings. The molecule has 1 heterocycles. The number of hydrogen-bond donors (Lipinski definition) is 1. The Bertz CT molecular complexity index is 412. The molecule has 0 radical (unpaired) electrons. The zero-order valence-electron chi connectivity index (χ0n) is 10.5. The van der Waals surface area contributed by atoms with Crippen molar-refractivity contribution in [3.8, 4) is 0 Å². The van der Waals surface area contributed by atoms with E-state index in [1.54, 1.807) is 6.92 Å². The van der Waals surface area contributed by atoms with Crippen molar-refractivity contribution < 1.29 is 4.39 Å². The van der Waals surface area contributed by atoms with Gasteiger partial charge in [-0.3, -0.25) is 0 Å². The van der Waals surface area contributed by atoms with E-state index >= 15 is 0 Å². The minimum atomic E-state index is -0.223. The number of nitrogens with two attached hydrogens (primary N) is 1. The summed E-state index contributed by atoms with van der Waals surface area (Å²) in [5.74, 6) is -0.223. The zero-order valence-corrected chi connectivity index (χ0v) is 11.4. The first-order valence-corrected chi connectivity index (χ1v) is 6.87. The van der Waals surface area contributed by atoms with Crippen LogP contribution in [-0.4, -0.2) is 23.6 Å². The highest BCUT2D eigenvalue weighted by molar-refractivity contribution is 8.00. The van der Waals surface area contributed by atoms with E-state index in [4.69, 9.17) is 5.73 Å². The first-order chi connectivity index (χ1) is 7.97. The predicted octanol–water partition coefficient (Wildman–Crippen LogP) is 3.05. The number of nitrogen functional groups attached to an aromatic ring is 1. The smallest absolute Gasteiger partial charge is 0.128 e. The Morgan fingerprint density at radius 2 is 1.88 bits per heavy atom. The van der Waals surface area contributed by atoms with Crippen LogP contribution in [0.3, 0.4) is 0 Å². The van der Waals surface area contributed by atoms with Crippen LogP contribution in [0.4, 0.5) is 15.8 Å². The standard InChI is InChI=1S/C13H19FN2S/c1-8-4-13(12(15)5-11(8)14)16-6-9(2)17-10(3)7-16/h4-5,9-10H,6-7,15H2,1-3H3. The molecule has 1 fully saturated rings. The molecule has 0 saturated carbocycles. The van der Waals surface area contributed by atoms with Crippen LogP contribution in [0.25, 0.3) is 0 Å². The maximum Gasteiger partial charge on any atom is 0.128 e. The summed E-state index contributed by atoms with van der Waals surface area (Å²) in [7, 11) is 0. The summed E-state index contributed by atoms with van der Waals surface area (Å²) in [6.45, 7) is 8.18. The molecule has 0 aliphatic carbocycles. The van der Waals surface area contributed by atoms with E-state index in [1.165, 1.54) is 6.07 Å². The molecular formula is C13H19FN2S. The Kier molecular flexibility index (Phi) is 3.52. The van der Waals surface area contributed by atoms with Crippen molar-refractivity contribution in [3.05, 3.63) is 23.5 Å². The Morgan fingerprint density at radius 3 is 2.47 bits per heavy atom. The lowest BCUT2D eigenvalue weighted by atomic mass is 10.1. The van der Waals surface area contributed by atoms with Gasteiger partial charge in [-0.1, -0.05) is 13.8 Å². The summed E-state index contributed by atoms with van der Waals surface area (Å²) in [6.07, 6.45) is 0. The lowest BCUT2D eigenvalue weighted by Crippen LogP contribution is -2.40. The second-order valence-electron chi connectivity index (χ2n) is 4.82. The normalized spacial score (nSPS) is 25.1. The number of rotatable bonds is 1. The van der Waals surface area contributed by atoms with Crippen LogP contribution < -0.4 is 10.6 Å². The molecule has 2 nitrogen and oxygen atoms in total. The fraction of sp³-hybridized carbons (Fsp3) is 0.538. The fourth-order valence-electron chi connectivity index (χ4n) is 2.33. The highest BCUT2D eigenvalue weighted by atomic mass is 32.2. The number of benzene rings is 1. The third-order valence-electron chi connectivity index (χ3n) is 3.07. The van der Waals surface area contributed by atoms with Crippen molar-refractivity contribution in [2.75, 3.05) is 23.7 Å². The summed E-state index contributed by atoms with van der Waals surface area (Å²) in [6, 6.07) is 3.29. The number of thioether (sulfide) groups is 1. The quantitative estimate of drug-likeness (QED) is 0.781. The van der Waals surface area contributed by atoms with Gasteiger partial charge in [0.2, 0.25) is 0 Å². The van der Waals surface area contributed by atoms with Gasteiger partial charge in [0.15, 0.2) is 0 Å². The van der Waals surface area contributed by atoms with Crippen LogP contribution in [-0.2, 0) is 0 Å². The summed E-state index contributed by atoms with van der Waals surface area (Å²) in [5.41, 5.74) is 8.10. The third-order valence-corrected chi connectivity index (χ3v) is 4.30. The maximum absolute atomic E-state index is 13.4. The molecule has 2 rings (SSSR count). The van der Waals surface area contributed by atoms with E-state index in [0.717, 1.165) is 18.8 Å². The number of anilines is 2. The molecule has 4 heteroatoms. The molecule has 0 aromatic heterocycles. The molecule has 94 valence electrons. The fourth-order valence-corrected chi connectivity index (χ4v) is 3.66. The predicted molar refractivity (Wildman–Crippen MR) is 74.3 cm³/mol. The molecule has 1 aliphatic heterocycles. The average Bonchev–Trinajstić information content (AvgIpc) is 2.22. The van der Waals surface area contributed by atoms with Crippen LogP contribution in [0.15, 0.2) is 12.1 Å². The molecule has 0 bridgehead atoms. The van der Waals surface area contributed by atoms with Gasteiger partial charge in [-0.25, -0.2) is 4.39 Å². The Labute approximate surface area is 106 Å². The molecule has 2 atom stereocenters. The number of aryl methyl sites for hydroxylation is 1. The average molecular weight is 254 g/mol. The van der Waals surface area contributed by atoms with Crippen molar-refractivity contribution in [1.29, 1.82) is 0 Å². The highest BCUT2D eigenvalue weighted by Crippen LogP contribution is 2.32. The van der Waals surface area contributed by atoms with E-state index in [2.05, 4.69) is 18.7 Å². The van der Waals surface area contributed by atoms with Crippen LogP contribution in [0, 0.1) is 12.7 Å². The summed E-state index contributed by atoms with van der Waals surface area (Å²) < 4.78 is 13.4. The van der Waals surface area contributed by atoms with Crippen LogP contribution >= 0.6 is 11.8 Å². The Hall–Kier alpha value is -0.900. The molecule has 1 aromatic rings. The Balaban J connectivity index is 2.30. The maximum atomic E-state index is 13.4. The molecule has 2 unspecified atom stereocenters.